The van der Waals surface area contributed by atoms with Crippen LogP contribution in [0.1, 0.15) is 87.1 Å². The average Bonchev–Trinajstić information content (AvgIpc) is 2.83. The fraction of sp³-hybridized carbons (Fsp3) is 0.781. The molecule has 39 heavy (non-hydrogen) atoms. The molecular formula is C32H60O5Si2. The molecule has 0 amide bonds. The molecule has 0 spiro atoms. The van der Waals surface area contributed by atoms with Gasteiger partial charge in [0.05, 0.1) is 25.9 Å². The van der Waals surface area contributed by atoms with E-state index in [9.17, 15) is 4.79 Å². The molecule has 0 aliphatic heterocycles. The minimum atomic E-state index is -2.11. The van der Waals surface area contributed by atoms with Crippen molar-refractivity contribution < 1.29 is 23.1 Å². The van der Waals surface area contributed by atoms with Crippen LogP contribution in [-0.4, -0.2) is 48.3 Å². The summed E-state index contributed by atoms with van der Waals surface area (Å²) < 4.78 is 25.4. The summed E-state index contributed by atoms with van der Waals surface area (Å²) in [6, 6.07) is 8.01. The summed E-state index contributed by atoms with van der Waals surface area (Å²) in [5.41, 5.74) is 1.13. The summed E-state index contributed by atoms with van der Waals surface area (Å²) in [5.74, 6) is 1.03. The molecule has 0 saturated carbocycles. The number of benzene rings is 1. The molecular weight excluding hydrogens is 521 g/mol. The summed E-state index contributed by atoms with van der Waals surface area (Å²) >= 11 is 0. The Labute approximate surface area is 243 Å². The lowest BCUT2D eigenvalue weighted by molar-refractivity contribution is -0.127. The maximum Gasteiger partial charge on any atom is 0.192 e. The zero-order valence-corrected chi connectivity index (χ0v) is 29.7. The van der Waals surface area contributed by atoms with Gasteiger partial charge in [0.2, 0.25) is 0 Å². The molecule has 1 aromatic carbocycles. The lowest BCUT2D eigenvalue weighted by Crippen LogP contribution is -2.53. The maximum atomic E-state index is 13.0. The van der Waals surface area contributed by atoms with Gasteiger partial charge in [-0.3, -0.25) is 4.79 Å². The zero-order chi connectivity index (χ0) is 30.2. The summed E-state index contributed by atoms with van der Waals surface area (Å²) in [6.07, 6.45) is 2.12. The van der Waals surface area contributed by atoms with E-state index in [-0.39, 0.29) is 39.9 Å². The van der Waals surface area contributed by atoms with Crippen LogP contribution in [0.25, 0.3) is 0 Å². The first kappa shape index (κ1) is 36.0. The number of methoxy groups -OCH3 is 1. The Morgan fingerprint density at radius 2 is 1.38 bits per heavy atom. The minimum Gasteiger partial charge on any atom is -0.497 e. The molecule has 0 bridgehead atoms. The topological polar surface area (TPSA) is 54.0 Å². The standard InChI is InChI=1S/C32H60O5Si2/c1-15-28(33)24(2)30(37-39(13,14)32(7,8)9)25(3)29(36-38(11,12)31(4,5)6)17-16-22-35-23-26-18-20-27(34-10)21-19-26/h18-21,24-25,29-30H,15-17,22-23H2,1-14H3/t24-,25-,29+,30+/m1/s1. The number of carbonyl (C=O) groups excluding carboxylic acids is 1. The van der Waals surface area contributed by atoms with Crippen molar-refractivity contribution in [3.05, 3.63) is 29.8 Å². The molecule has 0 aliphatic carbocycles. The third-order valence-corrected chi connectivity index (χ3v) is 18.1. The second kappa shape index (κ2) is 14.8. The van der Waals surface area contributed by atoms with Crippen molar-refractivity contribution in [3.8, 4) is 5.75 Å². The molecule has 0 heterocycles. The molecule has 0 unspecified atom stereocenters. The Kier molecular flexibility index (Phi) is 13.6. The summed E-state index contributed by atoms with van der Waals surface area (Å²) in [4.78, 5) is 13.0. The number of Topliss-reactive ketones (excluding diaryl/α,β-unsaturated/α-hetero) is 1. The van der Waals surface area contributed by atoms with Crippen molar-refractivity contribution in [1.29, 1.82) is 0 Å². The van der Waals surface area contributed by atoms with Crippen LogP contribution < -0.4 is 4.74 Å². The van der Waals surface area contributed by atoms with Crippen LogP contribution in [0.5, 0.6) is 5.75 Å². The second-order valence-electron chi connectivity index (χ2n) is 14.3. The Balaban J connectivity index is 3.13. The van der Waals surface area contributed by atoms with E-state index in [1.807, 2.05) is 31.2 Å². The van der Waals surface area contributed by atoms with Crippen LogP contribution in [-0.2, 0) is 25.0 Å². The van der Waals surface area contributed by atoms with E-state index in [0.717, 1.165) is 24.2 Å². The SMILES string of the molecule is CCC(=O)[C@@H](C)[C@H](O[Si](C)(C)C(C)(C)C)[C@H](C)[C@H](CCCOCc1ccc(OC)cc1)O[Si](C)(C)C(C)(C)C. The summed E-state index contributed by atoms with van der Waals surface area (Å²) in [6.45, 7) is 30.3. The maximum absolute atomic E-state index is 13.0. The van der Waals surface area contributed by atoms with Crippen molar-refractivity contribution >= 4 is 22.4 Å². The van der Waals surface area contributed by atoms with E-state index in [1.165, 1.54) is 0 Å². The van der Waals surface area contributed by atoms with Gasteiger partial charge >= 0.3 is 0 Å². The van der Waals surface area contributed by atoms with E-state index >= 15 is 0 Å². The first-order valence-electron chi connectivity index (χ1n) is 14.9. The van der Waals surface area contributed by atoms with Gasteiger partial charge in [-0.15, -0.1) is 0 Å². The molecule has 0 saturated heterocycles. The van der Waals surface area contributed by atoms with Gasteiger partial charge in [-0.05, 0) is 66.8 Å². The molecule has 0 radical (unpaired) electrons. The molecule has 7 heteroatoms. The van der Waals surface area contributed by atoms with Gasteiger partial charge in [0, 0.05) is 24.9 Å². The van der Waals surface area contributed by atoms with Crippen LogP contribution in [0.2, 0.25) is 36.3 Å². The van der Waals surface area contributed by atoms with E-state index < -0.39 is 16.6 Å². The highest BCUT2D eigenvalue weighted by Crippen LogP contribution is 2.42. The van der Waals surface area contributed by atoms with E-state index in [1.54, 1.807) is 7.11 Å². The predicted molar refractivity (Wildman–Crippen MR) is 170 cm³/mol. The molecule has 0 fully saturated rings. The molecule has 0 N–H and O–H groups in total. The van der Waals surface area contributed by atoms with Gasteiger partial charge in [0.15, 0.2) is 16.6 Å². The number of ketones is 1. The fourth-order valence-corrected chi connectivity index (χ4v) is 7.08. The molecule has 5 nitrogen and oxygen atoms in total. The molecule has 1 aromatic rings. The summed E-state index contributed by atoms with van der Waals surface area (Å²) in [7, 11) is -2.49. The van der Waals surface area contributed by atoms with Crippen LogP contribution in [0, 0.1) is 11.8 Å². The normalized spacial score (nSPS) is 16.5. The third-order valence-electron chi connectivity index (χ3n) is 9.15. The van der Waals surface area contributed by atoms with Crippen molar-refractivity contribution in [2.75, 3.05) is 13.7 Å². The fourth-order valence-electron chi connectivity index (χ4n) is 4.18. The van der Waals surface area contributed by atoms with Gasteiger partial charge in [0.25, 0.3) is 0 Å². The number of hydrogen-bond acceptors (Lipinski definition) is 5. The van der Waals surface area contributed by atoms with Crippen molar-refractivity contribution in [2.45, 2.75) is 137 Å². The molecule has 226 valence electrons. The van der Waals surface area contributed by atoms with E-state index in [2.05, 4.69) is 81.6 Å². The molecule has 4 atom stereocenters. The highest BCUT2D eigenvalue weighted by molar-refractivity contribution is 6.74. The van der Waals surface area contributed by atoms with Gasteiger partial charge in [-0.2, -0.15) is 0 Å². The number of rotatable bonds is 16. The van der Waals surface area contributed by atoms with Crippen molar-refractivity contribution in [1.82, 2.24) is 0 Å². The van der Waals surface area contributed by atoms with Gasteiger partial charge < -0.3 is 18.3 Å². The zero-order valence-electron chi connectivity index (χ0n) is 27.7. The highest BCUT2D eigenvalue weighted by Gasteiger charge is 2.46. The Bertz CT molecular complexity index is 868. The molecule has 1 rings (SSSR count). The monoisotopic (exact) mass is 580 g/mol. The largest absolute Gasteiger partial charge is 0.497 e. The van der Waals surface area contributed by atoms with Crippen LogP contribution >= 0.6 is 0 Å². The first-order valence-corrected chi connectivity index (χ1v) is 20.7. The molecule has 0 aliphatic rings. The summed E-state index contributed by atoms with van der Waals surface area (Å²) in [5, 5.41) is 0.154. The van der Waals surface area contributed by atoms with E-state index in [0.29, 0.717) is 19.6 Å². The predicted octanol–water partition coefficient (Wildman–Crippen LogP) is 9.02. The quantitative estimate of drug-likeness (QED) is 0.144. The van der Waals surface area contributed by atoms with Crippen LogP contribution in [0.3, 0.4) is 0 Å². The Morgan fingerprint density at radius 1 is 0.872 bits per heavy atom. The van der Waals surface area contributed by atoms with Gasteiger partial charge in [-0.1, -0.05) is 74.4 Å². The Morgan fingerprint density at radius 3 is 1.85 bits per heavy atom. The number of carbonyl (C=O) groups is 1. The van der Waals surface area contributed by atoms with Gasteiger partial charge in [0.1, 0.15) is 11.5 Å². The smallest absolute Gasteiger partial charge is 0.192 e. The lowest BCUT2D eigenvalue weighted by atomic mass is 9.85. The van der Waals surface area contributed by atoms with Crippen molar-refractivity contribution in [2.24, 2.45) is 11.8 Å². The van der Waals surface area contributed by atoms with Gasteiger partial charge in [-0.25, -0.2) is 0 Å². The molecule has 0 aromatic heterocycles. The third kappa shape index (κ3) is 10.7. The van der Waals surface area contributed by atoms with Crippen molar-refractivity contribution in [3.63, 3.8) is 0 Å². The first-order chi connectivity index (χ1) is 17.8. The average molecular weight is 581 g/mol. The minimum absolute atomic E-state index is 0.00245. The number of hydrogen-bond donors (Lipinski definition) is 0. The highest BCUT2D eigenvalue weighted by atomic mass is 28.4. The lowest BCUT2D eigenvalue weighted by Gasteiger charge is -2.46. The van der Waals surface area contributed by atoms with E-state index in [4.69, 9.17) is 18.3 Å². The van der Waals surface area contributed by atoms with Crippen LogP contribution in [0.15, 0.2) is 24.3 Å². The van der Waals surface area contributed by atoms with Crippen LogP contribution in [0.4, 0.5) is 0 Å². The number of ether oxygens (including phenoxy) is 2. The Hall–Kier alpha value is -0.996. The second-order valence-corrected chi connectivity index (χ2v) is 23.8.